The minimum Gasteiger partial charge on any atom is -0.465 e. The summed E-state index contributed by atoms with van der Waals surface area (Å²) < 4.78 is 30.7. The number of benzene rings is 2. The number of esters is 1. The van der Waals surface area contributed by atoms with Crippen LogP contribution in [0.25, 0.3) is 0 Å². The standard InChI is InChI=1S/C19H18Cl2N2O5S/c1-28-19(25)13-5-6-14(20)16(10-13)22-18(24)12-4-7-15(21)17(11-12)23-8-2-3-9-29(23,26)27/h4-7,10-11H,2-3,8-9H2,1H3,(H,22,24). The minimum absolute atomic E-state index is 0.0374. The predicted molar refractivity (Wildman–Crippen MR) is 113 cm³/mol. The van der Waals surface area contributed by atoms with Crippen LogP contribution in [0.4, 0.5) is 11.4 Å². The highest BCUT2D eigenvalue weighted by Gasteiger charge is 2.28. The number of ether oxygens (including phenoxy) is 1. The van der Waals surface area contributed by atoms with Crippen molar-refractivity contribution in [3.05, 3.63) is 57.6 Å². The summed E-state index contributed by atoms with van der Waals surface area (Å²) in [6.45, 7) is 0.306. The van der Waals surface area contributed by atoms with Crippen molar-refractivity contribution >= 4 is 56.5 Å². The molecule has 154 valence electrons. The van der Waals surface area contributed by atoms with Crippen molar-refractivity contribution < 1.29 is 22.7 Å². The van der Waals surface area contributed by atoms with Crippen molar-refractivity contribution in [2.45, 2.75) is 12.8 Å². The Kier molecular flexibility index (Phi) is 6.36. The Bertz CT molecular complexity index is 1070. The number of nitrogens with one attached hydrogen (secondary N) is 1. The van der Waals surface area contributed by atoms with E-state index in [0.717, 1.165) is 0 Å². The van der Waals surface area contributed by atoms with Crippen molar-refractivity contribution in [2.24, 2.45) is 0 Å². The molecule has 2 aromatic rings. The third-order valence-corrected chi connectivity index (χ3v) is 6.97. The molecule has 1 fully saturated rings. The number of sulfonamides is 1. The highest BCUT2D eigenvalue weighted by atomic mass is 35.5. The Morgan fingerprint density at radius 2 is 1.72 bits per heavy atom. The van der Waals surface area contributed by atoms with Crippen LogP contribution in [0.2, 0.25) is 10.0 Å². The number of amides is 1. The number of hydrogen-bond acceptors (Lipinski definition) is 5. The molecule has 0 aromatic heterocycles. The maximum Gasteiger partial charge on any atom is 0.337 e. The fourth-order valence-electron chi connectivity index (χ4n) is 2.96. The van der Waals surface area contributed by atoms with Crippen molar-refractivity contribution in [3.63, 3.8) is 0 Å². The van der Waals surface area contributed by atoms with Crippen molar-refractivity contribution in [1.82, 2.24) is 0 Å². The normalized spacial score (nSPS) is 15.6. The molecule has 0 spiro atoms. The Balaban J connectivity index is 1.90. The molecule has 0 aliphatic carbocycles. The van der Waals surface area contributed by atoms with Gasteiger partial charge in [-0.05, 0) is 49.2 Å². The van der Waals surface area contributed by atoms with Gasteiger partial charge < -0.3 is 10.1 Å². The van der Waals surface area contributed by atoms with Gasteiger partial charge >= 0.3 is 5.97 Å². The molecule has 1 heterocycles. The van der Waals surface area contributed by atoms with E-state index >= 15 is 0 Å². The number of nitrogens with zero attached hydrogens (tertiary/aromatic N) is 1. The molecule has 0 saturated carbocycles. The molecule has 2 aromatic carbocycles. The fourth-order valence-corrected chi connectivity index (χ4v) is 5.05. The Hall–Kier alpha value is -2.29. The first-order valence-electron chi connectivity index (χ1n) is 8.72. The Morgan fingerprint density at radius 1 is 1.03 bits per heavy atom. The molecule has 10 heteroatoms. The van der Waals surface area contributed by atoms with Crippen LogP contribution in [0.1, 0.15) is 33.6 Å². The Morgan fingerprint density at radius 3 is 2.41 bits per heavy atom. The van der Waals surface area contributed by atoms with Gasteiger partial charge in [0.25, 0.3) is 5.91 Å². The van der Waals surface area contributed by atoms with Gasteiger partial charge in [-0.2, -0.15) is 0 Å². The number of halogens is 2. The second-order valence-electron chi connectivity index (χ2n) is 6.40. The SMILES string of the molecule is COC(=O)c1ccc(Cl)c(NC(=O)c2ccc(Cl)c(N3CCCCS3(=O)=O)c2)c1. The molecule has 0 bridgehead atoms. The number of anilines is 2. The molecular formula is C19H18Cl2N2O5S. The van der Waals surface area contributed by atoms with E-state index in [-0.39, 0.29) is 38.3 Å². The lowest BCUT2D eigenvalue weighted by molar-refractivity contribution is 0.0600. The van der Waals surface area contributed by atoms with Gasteiger partial charge in [0.15, 0.2) is 0 Å². The molecule has 1 N–H and O–H groups in total. The first-order valence-corrected chi connectivity index (χ1v) is 11.1. The first kappa shape index (κ1) is 21.4. The maximum atomic E-state index is 12.7. The van der Waals surface area contributed by atoms with Crippen LogP contribution in [0.15, 0.2) is 36.4 Å². The molecule has 0 unspecified atom stereocenters. The lowest BCUT2D eigenvalue weighted by Gasteiger charge is -2.29. The maximum absolute atomic E-state index is 12.7. The predicted octanol–water partition coefficient (Wildman–Crippen LogP) is 3.96. The van der Waals surface area contributed by atoms with Gasteiger partial charge in [-0.25, -0.2) is 13.2 Å². The lowest BCUT2D eigenvalue weighted by Crippen LogP contribution is -2.38. The number of carbonyl (C=O) groups excluding carboxylic acids is 2. The number of methoxy groups -OCH3 is 1. The highest BCUT2D eigenvalue weighted by molar-refractivity contribution is 7.92. The van der Waals surface area contributed by atoms with Gasteiger partial charge in [-0.1, -0.05) is 23.2 Å². The van der Waals surface area contributed by atoms with Gasteiger partial charge in [0.2, 0.25) is 10.0 Å². The van der Waals surface area contributed by atoms with Gasteiger partial charge in [0.05, 0.1) is 39.8 Å². The second-order valence-corrected chi connectivity index (χ2v) is 9.23. The van der Waals surface area contributed by atoms with Crippen LogP contribution in [0.5, 0.6) is 0 Å². The average Bonchev–Trinajstić information content (AvgIpc) is 2.69. The van der Waals surface area contributed by atoms with Crippen LogP contribution in [0.3, 0.4) is 0 Å². The molecular weight excluding hydrogens is 439 g/mol. The molecule has 3 rings (SSSR count). The van der Waals surface area contributed by atoms with E-state index in [1.54, 1.807) is 0 Å². The van der Waals surface area contributed by atoms with E-state index in [1.807, 2.05) is 0 Å². The zero-order chi connectivity index (χ0) is 21.2. The van der Waals surface area contributed by atoms with E-state index in [4.69, 9.17) is 23.2 Å². The van der Waals surface area contributed by atoms with Crippen molar-refractivity contribution in [3.8, 4) is 0 Å². The van der Waals surface area contributed by atoms with Crippen LogP contribution in [-0.2, 0) is 14.8 Å². The van der Waals surface area contributed by atoms with Gasteiger partial charge in [0, 0.05) is 12.1 Å². The van der Waals surface area contributed by atoms with Crippen LogP contribution >= 0.6 is 23.2 Å². The van der Waals surface area contributed by atoms with E-state index < -0.39 is 21.9 Å². The molecule has 0 atom stereocenters. The van der Waals surface area contributed by atoms with E-state index in [9.17, 15) is 18.0 Å². The highest BCUT2D eigenvalue weighted by Crippen LogP contribution is 2.32. The number of rotatable bonds is 4. The van der Waals surface area contributed by atoms with Crippen molar-refractivity contribution in [1.29, 1.82) is 0 Å². The second kappa shape index (κ2) is 8.61. The summed E-state index contributed by atoms with van der Waals surface area (Å²) in [7, 11) is -2.23. The quantitative estimate of drug-likeness (QED) is 0.702. The summed E-state index contributed by atoms with van der Waals surface area (Å²) >= 11 is 12.3. The first-order chi connectivity index (χ1) is 13.7. The van der Waals surface area contributed by atoms with Crippen LogP contribution < -0.4 is 9.62 Å². The third kappa shape index (κ3) is 4.66. The summed E-state index contributed by atoms with van der Waals surface area (Å²) in [4.78, 5) is 24.4. The summed E-state index contributed by atoms with van der Waals surface area (Å²) in [5.41, 5.74) is 0.906. The van der Waals surface area contributed by atoms with Crippen LogP contribution in [-0.4, -0.2) is 39.7 Å². The molecule has 1 amide bonds. The van der Waals surface area contributed by atoms with Gasteiger partial charge in [0.1, 0.15) is 0 Å². The number of carbonyl (C=O) groups is 2. The molecule has 0 radical (unpaired) electrons. The smallest absolute Gasteiger partial charge is 0.337 e. The lowest BCUT2D eigenvalue weighted by atomic mass is 10.1. The largest absolute Gasteiger partial charge is 0.465 e. The van der Waals surface area contributed by atoms with E-state index in [1.165, 1.54) is 47.8 Å². The number of hydrogen-bond donors (Lipinski definition) is 1. The third-order valence-electron chi connectivity index (χ3n) is 4.46. The van der Waals surface area contributed by atoms with Gasteiger partial charge in [-0.15, -0.1) is 0 Å². The minimum atomic E-state index is -3.48. The van der Waals surface area contributed by atoms with E-state index in [0.29, 0.717) is 19.4 Å². The topological polar surface area (TPSA) is 92.8 Å². The van der Waals surface area contributed by atoms with Crippen LogP contribution in [0, 0.1) is 0 Å². The summed E-state index contributed by atoms with van der Waals surface area (Å²) in [6.07, 6.45) is 1.30. The average molecular weight is 457 g/mol. The summed E-state index contributed by atoms with van der Waals surface area (Å²) in [5.74, 6) is -1.06. The zero-order valence-electron chi connectivity index (χ0n) is 15.4. The Labute approximate surface area is 178 Å². The van der Waals surface area contributed by atoms with Crippen molar-refractivity contribution in [2.75, 3.05) is 29.0 Å². The summed E-state index contributed by atoms with van der Waals surface area (Å²) in [5, 5.41) is 3.10. The molecule has 1 aliphatic heterocycles. The fraction of sp³-hybridized carbons (Fsp3) is 0.263. The monoisotopic (exact) mass is 456 g/mol. The zero-order valence-corrected chi connectivity index (χ0v) is 17.8. The molecule has 1 aliphatic rings. The molecule has 1 saturated heterocycles. The summed E-state index contributed by atoms with van der Waals surface area (Å²) in [6, 6.07) is 8.73. The molecule has 7 nitrogen and oxygen atoms in total. The molecule has 29 heavy (non-hydrogen) atoms. The van der Waals surface area contributed by atoms with Gasteiger partial charge in [-0.3, -0.25) is 9.10 Å². The van der Waals surface area contributed by atoms with E-state index in [2.05, 4.69) is 10.1 Å².